The van der Waals surface area contributed by atoms with Crippen LogP contribution in [0.25, 0.3) is 0 Å². The third-order valence-electron chi connectivity index (χ3n) is 2.32. The molecule has 104 valence electrons. The summed E-state index contributed by atoms with van der Waals surface area (Å²) in [5, 5.41) is 3.80. The van der Waals surface area contributed by atoms with Gasteiger partial charge in [-0.2, -0.15) is 0 Å². The second-order valence-electron chi connectivity index (χ2n) is 3.69. The maximum absolute atomic E-state index is 6.06. The molecule has 0 saturated heterocycles. The number of rotatable bonds is 4. The van der Waals surface area contributed by atoms with Gasteiger partial charge in [-0.1, -0.05) is 29.3 Å². The Balaban J connectivity index is 2.17. The number of ether oxygens (including phenoxy) is 1. The number of benzene rings is 1. The van der Waals surface area contributed by atoms with Gasteiger partial charge in [0.05, 0.1) is 0 Å². The Morgan fingerprint density at radius 1 is 1.25 bits per heavy atom. The summed E-state index contributed by atoms with van der Waals surface area (Å²) < 4.78 is 5.57. The van der Waals surface area contributed by atoms with Crippen LogP contribution in [-0.2, 0) is 6.61 Å². The van der Waals surface area contributed by atoms with Crippen LogP contribution in [0, 0.1) is 0 Å². The molecule has 3 N–H and O–H groups in total. The Morgan fingerprint density at radius 2 is 1.90 bits per heavy atom. The lowest BCUT2D eigenvalue weighted by molar-refractivity contribution is 0.294. The van der Waals surface area contributed by atoms with E-state index in [9.17, 15) is 0 Å². The average molecular weight is 329 g/mol. The predicted molar refractivity (Wildman–Crippen MR) is 83.2 cm³/mol. The van der Waals surface area contributed by atoms with Crippen LogP contribution in [0.15, 0.2) is 30.6 Å². The van der Waals surface area contributed by atoms with E-state index in [1.807, 2.05) is 0 Å². The van der Waals surface area contributed by atoms with Crippen molar-refractivity contribution in [3.8, 4) is 5.88 Å². The van der Waals surface area contributed by atoms with Crippen molar-refractivity contribution in [1.82, 2.24) is 9.97 Å². The van der Waals surface area contributed by atoms with Crippen molar-refractivity contribution in [3.05, 3.63) is 46.2 Å². The largest absolute Gasteiger partial charge is 0.470 e. The van der Waals surface area contributed by atoms with E-state index in [1.54, 1.807) is 18.2 Å². The van der Waals surface area contributed by atoms with Gasteiger partial charge in [-0.25, -0.2) is 9.97 Å². The molecule has 1 heterocycles. The first-order chi connectivity index (χ1) is 9.58. The minimum absolute atomic E-state index is 0.0751. The maximum Gasteiger partial charge on any atom is 0.258 e. The molecule has 1 aromatic heterocycles. The number of nitrogens with one attached hydrogen (secondary N) is 1. The van der Waals surface area contributed by atoms with Crippen molar-refractivity contribution >= 4 is 46.4 Å². The molecular weight excluding hydrogens is 319 g/mol. The normalized spacial score (nSPS) is 10.1. The summed E-state index contributed by atoms with van der Waals surface area (Å²) in [6.07, 6.45) is 2.99. The molecule has 1 aromatic carbocycles. The summed E-state index contributed by atoms with van der Waals surface area (Å²) in [5.74, 6) is 0.597. The fourth-order valence-corrected chi connectivity index (χ4v) is 2.05. The van der Waals surface area contributed by atoms with E-state index >= 15 is 0 Å². The molecule has 0 aliphatic heterocycles. The van der Waals surface area contributed by atoms with E-state index < -0.39 is 0 Å². The molecule has 5 nitrogen and oxygen atoms in total. The number of halogens is 2. The second-order valence-corrected chi connectivity index (χ2v) is 4.94. The van der Waals surface area contributed by atoms with Gasteiger partial charge in [-0.15, -0.1) is 0 Å². The lowest BCUT2D eigenvalue weighted by Gasteiger charge is -2.11. The van der Waals surface area contributed by atoms with E-state index in [0.29, 0.717) is 21.4 Å². The van der Waals surface area contributed by atoms with Gasteiger partial charge in [0.2, 0.25) is 0 Å². The number of nitrogens with two attached hydrogens (primary N) is 1. The Labute approximate surface area is 131 Å². The molecule has 0 aliphatic rings. The van der Waals surface area contributed by atoms with Crippen molar-refractivity contribution in [2.75, 3.05) is 5.32 Å². The van der Waals surface area contributed by atoms with Crippen LogP contribution in [-0.4, -0.2) is 15.1 Å². The summed E-state index contributed by atoms with van der Waals surface area (Å²) >= 11 is 16.9. The summed E-state index contributed by atoms with van der Waals surface area (Å²) in [4.78, 5) is 8.10. The predicted octanol–water partition coefficient (Wildman–Crippen LogP) is 3.02. The number of hydrogen-bond acceptors (Lipinski definition) is 4. The minimum Gasteiger partial charge on any atom is -0.470 e. The van der Waals surface area contributed by atoms with Crippen molar-refractivity contribution in [2.24, 2.45) is 5.73 Å². The highest BCUT2D eigenvalue weighted by atomic mass is 35.5. The summed E-state index contributed by atoms with van der Waals surface area (Å²) in [6, 6.07) is 5.23. The smallest absolute Gasteiger partial charge is 0.258 e. The van der Waals surface area contributed by atoms with Crippen molar-refractivity contribution in [2.45, 2.75) is 6.61 Å². The Kier molecular flexibility index (Phi) is 4.94. The first kappa shape index (κ1) is 14.8. The lowest BCUT2D eigenvalue weighted by atomic mass is 10.2. The molecule has 2 rings (SSSR count). The Morgan fingerprint density at radius 3 is 2.55 bits per heavy atom. The molecule has 0 atom stereocenters. The van der Waals surface area contributed by atoms with Crippen molar-refractivity contribution in [3.63, 3.8) is 0 Å². The summed E-state index contributed by atoms with van der Waals surface area (Å²) in [5.41, 5.74) is 6.07. The standard InChI is InChI=1S/C12H10Cl2N4OS/c13-8-2-1-3-9(14)7(8)6-19-11-10(18-12(15)20)16-4-5-17-11/h1-5H,6H2,(H3,15,16,18,20). The summed E-state index contributed by atoms with van der Waals surface area (Å²) in [7, 11) is 0. The molecule has 0 amide bonds. The maximum atomic E-state index is 6.06. The van der Waals surface area contributed by atoms with Crippen molar-refractivity contribution in [1.29, 1.82) is 0 Å². The van der Waals surface area contributed by atoms with Gasteiger partial charge in [0, 0.05) is 28.0 Å². The molecule has 0 saturated carbocycles. The number of aromatic nitrogens is 2. The van der Waals surface area contributed by atoms with Crippen LogP contribution in [0.1, 0.15) is 5.56 Å². The molecule has 8 heteroatoms. The molecule has 20 heavy (non-hydrogen) atoms. The SMILES string of the molecule is NC(=S)Nc1nccnc1OCc1c(Cl)cccc1Cl. The number of hydrogen-bond donors (Lipinski definition) is 2. The first-order valence-corrected chi connectivity index (χ1v) is 6.67. The van der Waals surface area contributed by atoms with Crippen LogP contribution < -0.4 is 15.8 Å². The van der Waals surface area contributed by atoms with Crippen LogP contribution in [0.5, 0.6) is 5.88 Å². The number of nitrogens with zero attached hydrogens (tertiary/aromatic N) is 2. The van der Waals surface area contributed by atoms with E-state index in [1.165, 1.54) is 12.4 Å². The highest BCUT2D eigenvalue weighted by Gasteiger charge is 2.10. The molecule has 0 spiro atoms. The van der Waals surface area contributed by atoms with Gasteiger partial charge >= 0.3 is 0 Å². The average Bonchev–Trinajstić information content (AvgIpc) is 2.39. The van der Waals surface area contributed by atoms with Crippen LogP contribution >= 0.6 is 35.4 Å². The van der Waals surface area contributed by atoms with Gasteiger partial charge in [-0.3, -0.25) is 0 Å². The molecule has 0 unspecified atom stereocenters. The highest BCUT2D eigenvalue weighted by Crippen LogP contribution is 2.26. The van der Waals surface area contributed by atoms with Gasteiger partial charge in [-0.05, 0) is 24.4 Å². The third kappa shape index (κ3) is 3.69. The molecule has 0 radical (unpaired) electrons. The first-order valence-electron chi connectivity index (χ1n) is 5.51. The lowest BCUT2D eigenvalue weighted by Crippen LogP contribution is -2.20. The molecule has 0 aliphatic carbocycles. The van der Waals surface area contributed by atoms with E-state index in [-0.39, 0.29) is 17.6 Å². The fourth-order valence-electron chi connectivity index (χ4n) is 1.44. The Bertz CT molecular complexity index is 618. The topological polar surface area (TPSA) is 73.1 Å². The number of anilines is 1. The Hall–Kier alpha value is -1.63. The zero-order valence-corrected chi connectivity index (χ0v) is 12.5. The van der Waals surface area contributed by atoms with Crippen LogP contribution in [0.3, 0.4) is 0 Å². The van der Waals surface area contributed by atoms with E-state index in [0.717, 1.165) is 0 Å². The van der Waals surface area contributed by atoms with Crippen LogP contribution in [0.4, 0.5) is 5.82 Å². The monoisotopic (exact) mass is 328 g/mol. The molecule has 0 bridgehead atoms. The van der Waals surface area contributed by atoms with E-state index in [2.05, 4.69) is 15.3 Å². The zero-order chi connectivity index (χ0) is 14.5. The van der Waals surface area contributed by atoms with Gasteiger partial charge in [0.25, 0.3) is 5.88 Å². The van der Waals surface area contributed by atoms with Gasteiger partial charge in [0.1, 0.15) is 6.61 Å². The van der Waals surface area contributed by atoms with Gasteiger partial charge < -0.3 is 15.8 Å². The molecular formula is C12H10Cl2N4OS. The van der Waals surface area contributed by atoms with Crippen molar-refractivity contribution < 1.29 is 4.74 Å². The quantitative estimate of drug-likeness (QED) is 0.840. The van der Waals surface area contributed by atoms with Crippen LogP contribution in [0.2, 0.25) is 10.0 Å². The minimum atomic E-state index is 0.0751. The highest BCUT2D eigenvalue weighted by molar-refractivity contribution is 7.80. The molecule has 0 fully saturated rings. The van der Waals surface area contributed by atoms with E-state index in [4.69, 9.17) is 45.9 Å². The molecule has 2 aromatic rings. The van der Waals surface area contributed by atoms with Gasteiger partial charge in [0.15, 0.2) is 10.9 Å². The summed E-state index contributed by atoms with van der Waals surface area (Å²) in [6.45, 7) is 0.156. The second kappa shape index (κ2) is 6.69. The third-order valence-corrected chi connectivity index (χ3v) is 3.13. The zero-order valence-electron chi connectivity index (χ0n) is 10.1. The number of thiocarbonyl (C=S) groups is 1. The fraction of sp³-hybridized carbons (Fsp3) is 0.0833.